The second-order valence-corrected chi connectivity index (χ2v) is 2.81. The first kappa shape index (κ1) is 13.7. The molecule has 0 bridgehead atoms. The van der Waals surface area contributed by atoms with Crippen molar-refractivity contribution in [3.05, 3.63) is 34.6 Å². The second kappa shape index (κ2) is 3.81. The predicted molar refractivity (Wildman–Crippen MR) is 35.2 cm³/mol. The third-order valence-electron chi connectivity index (χ3n) is 1.65. The van der Waals surface area contributed by atoms with Crippen LogP contribution in [0.15, 0.2) is 0 Å². The van der Waals surface area contributed by atoms with Gasteiger partial charge in [0.05, 0.1) is 0 Å². The van der Waals surface area contributed by atoms with E-state index in [1.807, 2.05) is 0 Å². The lowest BCUT2D eigenvalue weighted by Gasteiger charge is -2.13. The molecule has 0 atom stereocenters. The Morgan fingerprint density at radius 3 is 1.53 bits per heavy atom. The summed E-state index contributed by atoms with van der Waals surface area (Å²) in [5.41, 5.74) is -5.30. The highest BCUT2D eigenvalue weighted by Gasteiger charge is 2.44. The first-order valence-corrected chi connectivity index (χ1v) is 3.70. The summed E-state index contributed by atoms with van der Waals surface area (Å²) in [6.45, 7) is 0. The second-order valence-electron chi connectivity index (χ2n) is 2.81. The molecule has 1 radical (unpaired) electrons. The van der Waals surface area contributed by atoms with Gasteiger partial charge in [-0.25, -0.2) is 13.2 Å². The van der Waals surface area contributed by atoms with Crippen molar-refractivity contribution in [2.75, 3.05) is 0 Å². The number of alkyl halides is 6. The van der Waals surface area contributed by atoms with Gasteiger partial charge < -0.3 is 0 Å². The summed E-state index contributed by atoms with van der Waals surface area (Å²) in [6, 6.07) is 0.505. The van der Waals surface area contributed by atoms with Crippen molar-refractivity contribution in [2.45, 2.75) is 12.4 Å². The zero-order valence-corrected chi connectivity index (χ0v) is 7.40. The van der Waals surface area contributed by atoms with Crippen molar-refractivity contribution in [1.82, 2.24) is 0 Å². The number of halogens is 9. The fraction of sp³-hybridized carbons (Fsp3) is 0.250. The number of hydrogen-bond acceptors (Lipinski definition) is 0. The van der Waals surface area contributed by atoms with Crippen LogP contribution in [0.4, 0.5) is 39.5 Å². The van der Waals surface area contributed by atoms with Crippen LogP contribution in [0.3, 0.4) is 0 Å². The molecule has 95 valence electrons. The van der Waals surface area contributed by atoms with Gasteiger partial charge in [-0.3, -0.25) is 0 Å². The summed E-state index contributed by atoms with van der Waals surface area (Å²) in [6.07, 6.45) is -11.2. The van der Waals surface area contributed by atoms with Gasteiger partial charge in [0.15, 0.2) is 11.6 Å². The summed E-state index contributed by atoms with van der Waals surface area (Å²) in [7, 11) is 0. The Kier molecular flexibility index (Phi) is 3.06. The molecule has 0 heterocycles. The number of rotatable bonds is 0. The van der Waals surface area contributed by atoms with Crippen molar-refractivity contribution in [3.63, 3.8) is 0 Å². The van der Waals surface area contributed by atoms with Gasteiger partial charge in [0.25, 0.3) is 0 Å². The molecule has 0 unspecified atom stereocenters. The van der Waals surface area contributed by atoms with Crippen LogP contribution >= 0.6 is 0 Å². The Bertz CT molecular complexity index is 440. The Morgan fingerprint density at radius 2 is 1.18 bits per heavy atom. The van der Waals surface area contributed by atoms with E-state index in [4.69, 9.17) is 0 Å². The van der Waals surface area contributed by atoms with E-state index in [1.165, 1.54) is 0 Å². The zero-order chi connectivity index (χ0) is 13.6. The highest BCUT2D eigenvalue weighted by Crippen LogP contribution is 2.39. The Balaban J connectivity index is 3.60. The van der Waals surface area contributed by atoms with Gasteiger partial charge in [-0.15, -0.1) is 0 Å². The molecule has 1 rings (SSSR count). The van der Waals surface area contributed by atoms with Crippen LogP contribution in [0, 0.1) is 23.5 Å². The lowest BCUT2D eigenvalue weighted by molar-refractivity contribution is -0.147. The van der Waals surface area contributed by atoms with E-state index >= 15 is 0 Å². The molecule has 9 heteroatoms. The smallest absolute Gasteiger partial charge is 0.206 e. The maximum absolute atomic E-state index is 12.7. The van der Waals surface area contributed by atoms with Crippen molar-refractivity contribution in [3.8, 4) is 0 Å². The van der Waals surface area contributed by atoms with E-state index in [2.05, 4.69) is 0 Å². The van der Waals surface area contributed by atoms with Gasteiger partial charge in [-0.1, -0.05) is 0 Å². The normalized spacial score (nSPS) is 13.0. The van der Waals surface area contributed by atoms with Crippen molar-refractivity contribution in [2.24, 2.45) is 0 Å². The monoisotopic (exact) mass is 267 g/mol. The minimum atomic E-state index is -5.66. The van der Waals surface area contributed by atoms with Gasteiger partial charge in [0.2, 0.25) is 0 Å². The molecule has 0 aromatic heterocycles. The Hall–Kier alpha value is -1.41. The third-order valence-corrected chi connectivity index (χ3v) is 1.65. The minimum absolute atomic E-state index is 0.505. The number of benzene rings is 1. The van der Waals surface area contributed by atoms with Gasteiger partial charge in [0, 0.05) is 6.07 Å². The molecule has 1 aromatic rings. The molecule has 0 saturated heterocycles. The van der Waals surface area contributed by atoms with Gasteiger partial charge >= 0.3 is 12.4 Å². The van der Waals surface area contributed by atoms with Crippen LogP contribution in [-0.4, -0.2) is 0 Å². The molecule has 1 aromatic carbocycles. The summed E-state index contributed by atoms with van der Waals surface area (Å²) < 4.78 is 110. The first-order valence-electron chi connectivity index (χ1n) is 3.70. The van der Waals surface area contributed by atoms with E-state index in [0.29, 0.717) is 6.07 Å². The predicted octanol–water partition coefficient (Wildman–Crippen LogP) is 3.94. The molecular weight excluding hydrogens is 267 g/mol. The quantitative estimate of drug-likeness (QED) is 0.493. The standard InChI is InChI=1S/C8F9/c9-3-1-2(7(12,13)14)5(10)6(11)4(3)8(15,16)17. The fourth-order valence-corrected chi connectivity index (χ4v) is 0.987. The minimum Gasteiger partial charge on any atom is -0.206 e. The maximum atomic E-state index is 12.7. The van der Waals surface area contributed by atoms with Crippen LogP contribution in [0.1, 0.15) is 11.1 Å². The van der Waals surface area contributed by atoms with Crippen molar-refractivity contribution in [1.29, 1.82) is 0 Å². The summed E-state index contributed by atoms with van der Waals surface area (Å²) in [5, 5.41) is 0. The maximum Gasteiger partial charge on any atom is 0.422 e. The molecule has 0 fully saturated rings. The zero-order valence-electron chi connectivity index (χ0n) is 7.40. The molecule has 0 aliphatic rings. The Labute approximate surface area is 87.7 Å². The third kappa shape index (κ3) is 2.47. The van der Waals surface area contributed by atoms with Gasteiger partial charge in [-0.05, 0) is 0 Å². The van der Waals surface area contributed by atoms with Crippen LogP contribution < -0.4 is 0 Å². The van der Waals surface area contributed by atoms with Crippen molar-refractivity contribution < 1.29 is 39.5 Å². The van der Waals surface area contributed by atoms with Gasteiger partial charge in [-0.2, -0.15) is 26.3 Å². The summed E-state index contributed by atoms with van der Waals surface area (Å²) >= 11 is 0. The van der Waals surface area contributed by atoms with Crippen LogP contribution in [-0.2, 0) is 12.4 Å². The van der Waals surface area contributed by atoms with Crippen LogP contribution in [0.25, 0.3) is 0 Å². The topological polar surface area (TPSA) is 0 Å². The molecule has 0 aliphatic heterocycles. The molecule has 0 spiro atoms. The average molecular weight is 267 g/mol. The molecule has 0 nitrogen and oxygen atoms in total. The van der Waals surface area contributed by atoms with Crippen LogP contribution in [0.2, 0.25) is 0 Å². The lowest BCUT2D eigenvalue weighted by atomic mass is 10.1. The summed E-state index contributed by atoms with van der Waals surface area (Å²) in [5.74, 6) is -8.43. The largest absolute Gasteiger partial charge is 0.422 e. The molecule has 0 aliphatic carbocycles. The number of hydrogen-bond donors (Lipinski definition) is 0. The summed E-state index contributed by atoms with van der Waals surface area (Å²) in [4.78, 5) is 0. The first-order chi connectivity index (χ1) is 7.46. The van der Waals surface area contributed by atoms with Gasteiger partial charge in [0.1, 0.15) is 16.9 Å². The lowest BCUT2D eigenvalue weighted by Crippen LogP contribution is -2.18. The van der Waals surface area contributed by atoms with E-state index in [9.17, 15) is 39.5 Å². The highest BCUT2D eigenvalue weighted by molar-refractivity contribution is 5.30. The molecule has 0 saturated carbocycles. The van der Waals surface area contributed by atoms with E-state index in [1.54, 1.807) is 0 Å². The molecule has 0 amide bonds. The average Bonchev–Trinajstić information content (AvgIpc) is 2.07. The molecular formula is C8F9. The van der Waals surface area contributed by atoms with E-state index in [-0.39, 0.29) is 0 Å². The molecule has 0 N–H and O–H groups in total. The van der Waals surface area contributed by atoms with Crippen molar-refractivity contribution >= 4 is 0 Å². The van der Waals surface area contributed by atoms with Crippen LogP contribution in [0.5, 0.6) is 0 Å². The highest BCUT2D eigenvalue weighted by atomic mass is 19.4. The van der Waals surface area contributed by atoms with E-state index < -0.39 is 40.9 Å². The molecule has 17 heavy (non-hydrogen) atoms. The van der Waals surface area contributed by atoms with E-state index in [0.717, 1.165) is 0 Å². The Morgan fingerprint density at radius 1 is 0.706 bits per heavy atom. The SMILES string of the molecule is Fc1[c]c(C(F)(F)F)c(F)c(F)c1C(F)(F)F. The fourth-order valence-electron chi connectivity index (χ4n) is 0.987.